The van der Waals surface area contributed by atoms with Crippen LogP contribution in [0.15, 0.2) is 59.5 Å². The van der Waals surface area contributed by atoms with E-state index in [-0.39, 0.29) is 5.43 Å². The molecule has 0 aliphatic carbocycles. The van der Waals surface area contributed by atoms with Crippen LogP contribution in [0.4, 0.5) is 11.5 Å². The second kappa shape index (κ2) is 9.76. The average Bonchev–Trinajstić information content (AvgIpc) is 3.13. The van der Waals surface area contributed by atoms with Gasteiger partial charge >= 0.3 is 5.97 Å². The first kappa shape index (κ1) is 22.4. The van der Waals surface area contributed by atoms with E-state index in [1.807, 2.05) is 6.07 Å². The summed E-state index contributed by atoms with van der Waals surface area (Å²) in [7, 11) is 1.33. The quantitative estimate of drug-likeness (QED) is 0.307. The van der Waals surface area contributed by atoms with Gasteiger partial charge in [0.2, 0.25) is 0 Å². The molecule has 1 aliphatic heterocycles. The number of nitrogens with zero attached hydrogens (tertiary/aromatic N) is 2. The van der Waals surface area contributed by atoms with Gasteiger partial charge in [0, 0.05) is 42.9 Å². The van der Waals surface area contributed by atoms with Gasteiger partial charge in [-0.1, -0.05) is 12.1 Å². The van der Waals surface area contributed by atoms with Crippen LogP contribution in [0.25, 0.3) is 16.6 Å². The van der Waals surface area contributed by atoms with Crippen LogP contribution in [0.1, 0.15) is 22.3 Å². The molecule has 3 aromatic rings. The summed E-state index contributed by atoms with van der Waals surface area (Å²) in [5, 5.41) is 1.91. The molecule has 0 bridgehead atoms. The third-order valence-corrected chi connectivity index (χ3v) is 5.59. The summed E-state index contributed by atoms with van der Waals surface area (Å²) in [6, 6.07) is 13.7. The normalized spacial score (nSPS) is 14.7. The number of ether oxygens (including phenoxy) is 2. The van der Waals surface area contributed by atoms with E-state index in [2.05, 4.69) is 9.88 Å². The van der Waals surface area contributed by atoms with Crippen molar-refractivity contribution in [3.8, 4) is 0 Å². The van der Waals surface area contributed by atoms with Gasteiger partial charge in [-0.05, 0) is 36.8 Å². The van der Waals surface area contributed by atoms with Crippen molar-refractivity contribution < 1.29 is 14.3 Å². The Morgan fingerprint density at radius 2 is 1.97 bits per heavy atom. The Labute approximate surface area is 191 Å². The molecule has 4 rings (SSSR count). The predicted octanol–water partition coefficient (Wildman–Crippen LogP) is 2.18. The molecular formula is C24H27N5O4. The van der Waals surface area contributed by atoms with Crippen molar-refractivity contribution in [1.82, 2.24) is 4.98 Å². The molecule has 0 unspecified atom stereocenters. The van der Waals surface area contributed by atoms with Gasteiger partial charge in [0.15, 0.2) is 5.43 Å². The largest absolute Gasteiger partial charge is 0.465 e. The number of para-hydroxylation sites is 1. The number of nitrogens with one attached hydrogen (secondary N) is 1. The lowest BCUT2D eigenvalue weighted by Crippen LogP contribution is -2.28. The van der Waals surface area contributed by atoms with Crippen LogP contribution in [0.2, 0.25) is 0 Å². The van der Waals surface area contributed by atoms with Crippen LogP contribution in [-0.4, -0.2) is 44.4 Å². The number of pyridine rings is 1. The highest BCUT2D eigenvalue weighted by molar-refractivity contribution is 5.92. The molecule has 1 aromatic heterocycles. The molecule has 0 spiro atoms. The van der Waals surface area contributed by atoms with Gasteiger partial charge in [-0.2, -0.15) is 0 Å². The van der Waals surface area contributed by atoms with E-state index < -0.39 is 5.97 Å². The molecule has 0 saturated carbocycles. The molecule has 2 heterocycles. The number of hydrazine groups is 1. The van der Waals surface area contributed by atoms with Gasteiger partial charge < -0.3 is 25.1 Å². The number of aromatic nitrogens is 1. The van der Waals surface area contributed by atoms with Crippen LogP contribution in [0, 0.1) is 0 Å². The molecule has 2 aromatic carbocycles. The number of carbonyl (C=O) groups excluding carboxylic acids is 1. The van der Waals surface area contributed by atoms with Crippen LogP contribution < -0.4 is 26.9 Å². The number of rotatable bonds is 5. The zero-order chi connectivity index (χ0) is 23.4. The first-order valence-electron chi connectivity index (χ1n) is 10.7. The monoisotopic (exact) mass is 449 g/mol. The Morgan fingerprint density at radius 1 is 1.18 bits per heavy atom. The standard InChI is InChI=1S/C24H27N5O4/c1-32-24(31)16-6-8-17(9-7-16)29(26)15-20(25)18-4-2-5-19-21(30)14-22(27-23(18)19)28-10-3-12-33-13-11-28/h2,4-9,14-15H,3,10-13,25-26H2,1H3,(H,27,30)/b20-15-. The van der Waals surface area contributed by atoms with Crippen LogP contribution in [0.3, 0.4) is 0 Å². The number of H-pyrrole nitrogens is 1. The number of benzene rings is 2. The Morgan fingerprint density at radius 3 is 2.73 bits per heavy atom. The molecule has 0 atom stereocenters. The SMILES string of the molecule is COC(=O)c1ccc(N(N)/C=C(\N)c2cccc3c(=O)cc(N4CCCOCC4)[nH]c23)cc1. The summed E-state index contributed by atoms with van der Waals surface area (Å²) in [5.74, 6) is 6.51. The minimum atomic E-state index is -0.424. The molecule has 5 N–H and O–H groups in total. The molecule has 33 heavy (non-hydrogen) atoms. The van der Waals surface area contributed by atoms with Crippen LogP contribution in [0.5, 0.6) is 0 Å². The number of hydrogen-bond acceptors (Lipinski definition) is 8. The average molecular weight is 450 g/mol. The number of nitrogens with two attached hydrogens (primary N) is 2. The van der Waals surface area contributed by atoms with Crippen molar-refractivity contribution in [1.29, 1.82) is 0 Å². The van der Waals surface area contributed by atoms with Crippen molar-refractivity contribution in [3.63, 3.8) is 0 Å². The van der Waals surface area contributed by atoms with Crippen molar-refractivity contribution >= 4 is 34.1 Å². The minimum absolute atomic E-state index is 0.0819. The van der Waals surface area contributed by atoms with E-state index >= 15 is 0 Å². The number of anilines is 2. The highest BCUT2D eigenvalue weighted by atomic mass is 16.5. The zero-order valence-corrected chi connectivity index (χ0v) is 18.4. The Balaban J connectivity index is 1.68. The number of hydrogen-bond donors (Lipinski definition) is 3. The molecule has 1 fully saturated rings. The van der Waals surface area contributed by atoms with Crippen molar-refractivity contribution in [2.24, 2.45) is 11.6 Å². The van der Waals surface area contributed by atoms with Crippen LogP contribution >= 0.6 is 0 Å². The lowest BCUT2D eigenvalue weighted by atomic mass is 10.1. The summed E-state index contributed by atoms with van der Waals surface area (Å²) < 4.78 is 10.2. The summed E-state index contributed by atoms with van der Waals surface area (Å²) in [6.07, 6.45) is 2.47. The maximum absolute atomic E-state index is 12.8. The fourth-order valence-corrected chi connectivity index (χ4v) is 3.84. The number of carbonyl (C=O) groups is 1. The van der Waals surface area contributed by atoms with E-state index in [1.165, 1.54) is 12.1 Å². The fourth-order valence-electron chi connectivity index (χ4n) is 3.84. The van der Waals surface area contributed by atoms with Crippen molar-refractivity contribution in [3.05, 3.63) is 76.1 Å². The number of aromatic amines is 1. The number of methoxy groups -OCH3 is 1. The molecular weight excluding hydrogens is 422 g/mol. The Bertz CT molecular complexity index is 1230. The summed E-state index contributed by atoms with van der Waals surface area (Å²) in [6.45, 7) is 2.82. The minimum Gasteiger partial charge on any atom is -0.465 e. The molecule has 9 nitrogen and oxygen atoms in total. The topological polar surface area (TPSA) is 127 Å². The highest BCUT2D eigenvalue weighted by Gasteiger charge is 2.15. The lowest BCUT2D eigenvalue weighted by Gasteiger charge is -2.22. The van der Waals surface area contributed by atoms with E-state index in [9.17, 15) is 9.59 Å². The van der Waals surface area contributed by atoms with E-state index in [0.29, 0.717) is 53.2 Å². The molecule has 1 saturated heterocycles. The van der Waals surface area contributed by atoms with Gasteiger partial charge in [-0.3, -0.25) is 9.80 Å². The third kappa shape index (κ3) is 4.84. The second-order valence-electron chi connectivity index (χ2n) is 7.73. The number of fused-ring (bicyclic) bond motifs is 1. The number of esters is 1. The first-order valence-corrected chi connectivity index (χ1v) is 10.7. The molecule has 172 valence electrons. The summed E-state index contributed by atoms with van der Waals surface area (Å²) in [4.78, 5) is 30.0. The van der Waals surface area contributed by atoms with Gasteiger partial charge in [0.05, 0.1) is 36.2 Å². The Kier molecular flexibility index (Phi) is 6.62. The summed E-state index contributed by atoms with van der Waals surface area (Å²) in [5.41, 5.74) is 9.07. The first-order chi connectivity index (χ1) is 16.0. The van der Waals surface area contributed by atoms with Gasteiger partial charge in [0.25, 0.3) is 0 Å². The Hall–Kier alpha value is -3.82. The van der Waals surface area contributed by atoms with E-state index in [1.54, 1.807) is 48.7 Å². The highest BCUT2D eigenvalue weighted by Crippen LogP contribution is 2.23. The van der Waals surface area contributed by atoms with Gasteiger partial charge in [-0.25, -0.2) is 10.6 Å². The van der Waals surface area contributed by atoms with E-state index in [0.717, 1.165) is 18.8 Å². The van der Waals surface area contributed by atoms with Crippen molar-refractivity contribution in [2.75, 3.05) is 43.3 Å². The maximum atomic E-state index is 12.8. The van der Waals surface area contributed by atoms with E-state index in [4.69, 9.17) is 21.1 Å². The third-order valence-electron chi connectivity index (χ3n) is 5.59. The smallest absolute Gasteiger partial charge is 0.337 e. The maximum Gasteiger partial charge on any atom is 0.337 e. The molecule has 1 aliphatic rings. The molecule has 0 radical (unpaired) electrons. The van der Waals surface area contributed by atoms with Gasteiger partial charge in [0.1, 0.15) is 5.82 Å². The lowest BCUT2D eigenvalue weighted by molar-refractivity contribution is 0.0600. The molecule has 9 heteroatoms. The second-order valence-corrected chi connectivity index (χ2v) is 7.73. The fraction of sp³-hybridized carbons (Fsp3) is 0.250. The van der Waals surface area contributed by atoms with Crippen molar-refractivity contribution in [2.45, 2.75) is 6.42 Å². The predicted molar refractivity (Wildman–Crippen MR) is 129 cm³/mol. The summed E-state index contributed by atoms with van der Waals surface area (Å²) >= 11 is 0. The van der Waals surface area contributed by atoms with Crippen LogP contribution in [-0.2, 0) is 9.47 Å². The van der Waals surface area contributed by atoms with Gasteiger partial charge in [-0.15, -0.1) is 0 Å². The zero-order valence-electron chi connectivity index (χ0n) is 18.4. The molecule has 0 amide bonds.